The Morgan fingerprint density at radius 2 is 2.00 bits per heavy atom. The number of halogens is 2. The molecule has 1 aromatic carbocycles. The molecule has 0 spiro atoms. The minimum Gasteiger partial charge on any atom is -0.354 e. The van der Waals surface area contributed by atoms with Crippen molar-refractivity contribution in [3.63, 3.8) is 0 Å². The molecule has 28 heavy (non-hydrogen) atoms. The molecular weight excluding hydrogens is 397 g/mol. The second-order valence-corrected chi connectivity index (χ2v) is 7.75. The fourth-order valence-corrected chi connectivity index (χ4v) is 3.54. The quantitative estimate of drug-likeness (QED) is 0.635. The van der Waals surface area contributed by atoms with Gasteiger partial charge in [-0.05, 0) is 57.4 Å². The van der Waals surface area contributed by atoms with Crippen molar-refractivity contribution in [1.29, 1.82) is 0 Å². The van der Waals surface area contributed by atoms with Crippen molar-refractivity contribution in [2.45, 2.75) is 53.0 Å². The van der Waals surface area contributed by atoms with Crippen LogP contribution in [0.15, 0.2) is 18.2 Å². The summed E-state index contributed by atoms with van der Waals surface area (Å²) in [6.07, 6.45) is 1.91. The number of aryl methyl sites for hydroxylation is 2. The highest BCUT2D eigenvalue weighted by Crippen LogP contribution is 2.29. The number of hydrogen-bond acceptors (Lipinski definition) is 4. The minimum absolute atomic E-state index is 0.0421. The topological polar surface area (TPSA) is 72.2 Å². The Hall–Kier alpha value is -2.18. The van der Waals surface area contributed by atoms with Crippen LogP contribution in [0.25, 0.3) is 17.2 Å². The molecule has 1 N–H and O–H groups in total. The van der Waals surface area contributed by atoms with E-state index in [1.54, 1.807) is 22.7 Å². The zero-order valence-corrected chi connectivity index (χ0v) is 17.9. The molecule has 0 aliphatic rings. The van der Waals surface area contributed by atoms with Gasteiger partial charge in [-0.3, -0.25) is 4.79 Å². The highest BCUT2D eigenvalue weighted by Gasteiger charge is 2.17. The third-order valence-electron chi connectivity index (χ3n) is 4.84. The van der Waals surface area contributed by atoms with Gasteiger partial charge in [0.1, 0.15) is 0 Å². The first kappa shape index (κ1) is 20.6. The number of hydrogen-bond donors (Lipinski definition) is 1. The maximum atomic E-state index is 12.1. The van der Waals surface area contributed by atoms with E-state index in [1.165, 1.54) is 0 Å². The summed E-state index contributed by atoms with van der Waals surface area (Å²) in [5.41, 5.74) is 3.47. The van der Waals surface area contributed by atoms with Crippen molar-refractivity contribution in [3.8, 4) is 11.4 Å². The largest absolute Gasteiger partial charge is 0.354 e. The van der Waals surface area contributed by atoms with Gasteiger partial charge in [-0.25, -0.2) is 9.50 Å². The van der Waals surface area contributed by atoms with Crippen LogP contribution < -0.4 is 5.32 Å². The Morgan fingerprint density at radius 3 is 2.68 bits per heavy atom. The number of benzene rings is 1. The number of nitrogens with one attached hydrogen (secondary N) is 1. The van der Waals surface area contributed by atoms with E-state index in [-0.39, 0.29) is 11.9 Å². The van der Waals surface area contributed by atoms with Crippen molar-refractivity contribution in [2.75, 3.05) is 0 Å². The summed E-state index contributed by atoms with van der Waals surface area (Å²) in [6.45, 7) is 7.94. The van der Waals surface area contributed by atoms with E-state index >= 15 is 0 Å². The van der Waals surface area contributed by atoms with Gasteiger partial charge in [0.15, 0.2) is 5.82 Å². The molecule has 148 valence electrons. The van der Waals surface area contributed by atoms with E-state index in [2.05, 4.69) is 20.4 Å². The average molecular weight is 420 g/mol. The number of amides is 1. The Labute approximate surface area is 174 Å². The number of aromatic nitrogens is 4. The lowest BCUT2D eigenvalue weighted by Crippen LogP contribution is -2.32. The molecule has 0 saturated carbocycles. The summed E-state index contributed by atoms with van der Waals surface area (Å²) >= 11 is 12.3. The van der Waals surface area contributed by atoms with E-state index in [1.807, 2.05) is 27.7 Å². The van der Waals surface area contributed by atoms with Gasteiger partial charge in [0, 0.05) is 34.4 Å². The molecule has 6 nitrogen and oxygen atoms in total. The molecule has 0 saturated heterocycles. The minimum atomic E-state index is 0.0421. The summed E-state index contributed by atoms with van der Waals surface area (Å²) in [5.74, 6) is 1.03. The Bertz CT molecular complexity index is 1030. The van der Waals surface area contributed by atoms with E-state index in [4.69, 9.17) is 23.2 Å². The van der Waals surface area contributed by atoms with Crippen molar-refractivity contribution in [3.05, 3.63) is 45.2 Å². The predicted molar refractivity (Wildman–Crippen MR) is 112 cm³/mol. The van der Waals surface area contributed by atoms with Crippen LogP contribution >= 0.6 is 23.2 Å². The van der Waals surface area contributed by atoms with Crippen molar-refractivity contribution >= 4 is 34.9 Å². The summed E-state index contributed by atoms with van der Waals surface area (Å²) in [6, 6.07) is 5.39. The standard InChI is InChI=1S/C20H23Cl2N5O/c1-5-11(2)23-18(28)9-8-15-12(3)24-20-25-19(26-27(20)13(15)4)16-7-6-14(21)10-17(16)22/h6-7,10-11H,5,8-9H2,1-4H3,(H,23,28)/t11-/m1/s1. The molecule has 0 radical (unpaired) electrons. The molecule has 3 rings (SSSR count). The lowest BCUT2D eigenvalue weighted by atomic mass is 10.1. The van der Waals surface area contributed by atoms with E-state index in [9.17, 15) is 4.79 Å². The van der Waals surface area contributed by atoms with Crippen molar-refractivity contribution in [1.82, 2.24) is 24.9 Å². The first-order valence-electron chi connectivity index (χ1n) is 9.27. The summed E-state index contributed by atoms with van der Waals surface area (Å²) in [7, 11) is 0. The molecule has 0 bridgehead atoms. The molecule has 1 atom stereocenters. The van der Waals surface area contributed by atoms with Crippen LogP contribution in [0.1, 0.15) is 43.6 Å². The zero-order valence-electron chi connectivity index (χ0n) is 16.4. The predicted octanol–water partition coefficient (Wildman–Crippen LogP) is 4.56. The fraction of sp³-hybridized carbons (Fsp3) is 0.400. The average Bonchev–Trinajstić information content (AvgIpc) is 3.05. The Balaban J connectivity index is 1.91. The van der Waals surface area contributed by atoms with Crippen LogP contribution in [0.3, 0.4) is 0 Å². The molecule has 0 unspecified atom stereocenters. The van der Waals surface area contributed by atoms with Crippen LogP contribution in [0.4, 0.5) is 0 Å². The van der Waals surface area contributed by atoms with Gasteiger partial charge in [-0.15, -0.1) is 5.10 Å². The van der Waals surface area contributed by atoms with Crippen LogP contribution in [-0.4, -0.2) is 31.5 Å². The maximum Gasteiger partial charge on any atom is 0.253 e. The van der Waals surface area contributed by atoms with Gasteiger partial charge in [0.25, 0.3) is 5.78 Å². The SMILES string of the molecule is CC[C@@H](C)NC(=O)CCc1c(C)nc2nc(-c3ccc(Cl)cc3Cl)nn2c1C. The molecular formula is C20H23Cl2N5O. The fourth-order valence-electron chi connectivity index (χ4n) is 3.04. The second kappa shape index (κ2) is 8.45. The molecule has 2 aromatic heterocycles. The lowest BCUT2D eigenvalue weighted by Gasteiger charge is -2.13. The molecule has 1 amide bonds. The van der Waals surface area contributed by atoms with Gasteiger partial charge < -0.3 is 5.32 Å². The Morgan fingerprint density at radius 1 is 1.25 bits per heavy atom. The number of carbonyl (C=O) groups is 1. The van der Waals surface area contributed by atoms with Crippen molar-refractivity contribution in [2.24, 2.45) is 0 Å². The van der Waals surface area contributed by atoms with E-state index in [0.717, 1.165) is 23.4 Å². The van der Waals surface area contributed by atoms with Crippen LogP contribution in [0.2, 0.25) is 10.0 Å². The van der Waals surface area contributed by atoms with Gasteiger partial charge >= 0.3 is 0 Å². The molecule has 8 heteroatoms. The first-order chi connectivity index (χ1) is 13.3. The third-order valence-corrected chi connectivity index (χ3v) is 5.39. The highest BCUT2D eigenvalue weighted by atomic mass is 35.5. The van der Waals surface area contributed by atoms with Crippen molar-refractivity contribution < 1.29 is 4.79 Å². The monoisotopic (exact) mass is 419 g/mol. The zero-order chi connectivity index (χ0) is 20.4. The molecule has 0 aliphatic heterocycles. The molecule has 3 aromatic rings. The molecule has 2 heterocycles. The smallest absolute Gasteiger partial charge is 0.253 e. The number of nitrogens with zero attached hydrogens (tertiary/aromatic N) is 4. The molecule has 0 aliphatic carbocycles. The van der Waals surface area contributed by atoms with Crippen LogP contribution in [0.5, 0.6) is 0 Å². The highest BCUT2D eigenvalue weighted by molar-refractivity contribution is 6.36. The summed E-state index contributed by atoms with van der Waals surface area (Å²) in [4.78, 5) is 21.2. The van der Waals surface area contributed by atoms with E-state index in [0.29, 0.717) is 40.1 Å². The number of rotatable bonds is 6. The first-order valence-corrected chi connectivity index (χ1v) is 10.0. The van der Waals surface area contributed by atoms with Crippen LogP contribution in [-0.2, 0) is 11.2 Å². The lowest BCUT2D eigenvalue weighted by molar-refractivity contribution is -0.121. The second-order valence-electron chi connectivity index (χ2n) is 6.91. The Kier molecular flexibility index (Phi) is 6.20. The van der Waals surface area contributed by atoms with Gasteiger partial charge in [0.2, 0.25) is 5.91 Å². The summed E-state index contributed by atoms with van der Waals surface area (Å²) < 4.78 is 1.70. The van der Waals surface area contributed by atoms with Gasteiger partial charge in [-0.2, -0.15) is 4.98 Å². The maximum absolute atomic E-state index is 12.1. The normalized spacial score (nSPS) is 12.4. The van der Waals surface area contributed by atoms with Crippen LogP contribution in [0, 0.1) is 13.8 Å². The molecule has 0 fully saturated rings. The summed E-state index contributed by atoms with van der Waals surface area (Å²) in [5, 5.41) is 8.61. The van der Waals surface area contributed by atoms with Gasteiger partial charge in [0.05, 0.1) is 5.02 Å². The van der Waals surface area contributed by atoms with E-state index < -0.39 is 0 Å². The third kappa shape index (κ3) is 4.28. The van der Waals surface area contributed by atoms with Gasteiger partial charge in [-0.1, -0.05) is 30.1 Å². The number of fused-ring (bicyclic) bond motifs is 1. The number of carbonyl (C=O) groups excluding carboxylic acids is 1.